The minimum absolute atomic E-state index is 0.338. The summed E-state index contributed by atoms with van der Waals surface area (Å²) < 4.78 is 27.4. The van der Waals surface area contributed by atoms with Crippen LogP contribution in [0.5, 0.6) is 0 Å². The van der Waals surface area contributed by atoms with Crippen molar-refractivity contribution in [2.24, 2.45) is 0 Å². The SMILES string of the molecule is CCCNCc1cc(S(=O)(=O)NCc2ccsc2)c(C)s1. The molecule has 0 aromatic carbocycles. The number of thiophene rings is 2. The number of hydrogen-bond acceptors (Lipinski definition) is 5. The van der Waals surface area contributed by atoms with Crippen molar-refractivity contribution >= 4 is 32.7 Å². The summed E-state index contributed by atoms with van der Waals surface area (Å²) in [5.74, 6) is 0. The zero-order chi connectivity index (χ0) is 15.3. The van der Waals surface area contributed by atoms with Crippen LogP contribution in [-0.2, 0) is 23.1 Å². The van der Waals surface area contributed by atoms with E-state index in [4.69, 9.17) is 0 Å². The van der Waals surface area contributed by atoms with E-state index in [1.54, 1.807) is 17.4 Å². The predicted octanol–water partition coefficient (Wildman–Crippen LogP) is 3.10. The van der Waals surface area contributed by atoms with Gasteiger partial charge in [0.2, 0.25) is 10.0 Å². The van der Waals surface area contributed by atoms with E-state index in [0.29, 0.717) is 11.4 Å². The molecular weight excluding hydrogens is 324 g/mol. The number of aryl methyl sites for hydroxylation is 1. The Morgan fingerprint density at radius 2 is 2.10 bits per heavy atom. The van der Waals surface area contributed by atoms with Crippen molar-refractivity contribution in [3.8, 4) is 0 Å². The monoisotopic (exact) mass is 344 g/mol. The Morgan fingerprint density at radius 3 is 2.76 bits per heavy atom. The third kappa shape index (κ3) is 4.62. The molecule has 2 aromatic rings. The smallest absolute Gasteiger partial charge is 0.241 e. The van der Waals surface area contributed by atoms with Crippen LogP contribution in [-0.4, -0.2) is 15.0 Å². The molecule has 0 saturated carbocycles. The first kappa shape index (κ1) is 16.6. The van der Waals surface area contributed by atoms with Gasteiger partial charge in [-0.1, -0.05) is 6.92 Å². The van der Waals surface area contributed by atoms with Crippen molar-refractivity contribution < 1.29 is 8.42 Å². The van der Waals surface area contributed by atoms with E-state index in [2.05, 4.69) is 17.0 Å². The molecule has 0 spiro atoms. The summed E-state index contributed by atoms with van der Waals surface area (Å²) in [4.78, 5) is 2.29. The lowest BCUT2D eigenvalue weighted by Crippen LogP contribution is -2.23. The minimum atomic E-state index is -3.44. The van der Waals surface area contributed by atoms with Crippen molar-refractivity contribution in [3.63, 3.8) is 0 Å². The Bertz CT molecular complexity index is 660. The van der Waals surface area contributed by atoms with Crippen LogP contribution in [0.3, 0.4) is 0 Å². The van der Waals surface area contributed by atoms with Gasteiger partial charge in [-0.2, -0.15) is 11.3 Å². The Balaban J connectivity index is 2.05. The lowest BCUT2D eigenvalue weighted by Gasteiger charge is -2.04. The van der Waals surface area contributed by atoms with E-state index in [0.717, 1.165) is 34.8 Å². The Morgan fingerprint density at radius 1 is 1.29 bits per heavy atom. The first-order valence-corrected chi connectivity index (χ1v) is 10.1. The molecule has 7 heteroatoms. The van der Waals surface area contributed by atoms with Crippen molar-refractivity contribution in [1.82, 2.24) is 10.0 Å². The van der Waals surface area contributed by atoms with E-state index in [1.165, 1.54) is 11.3 Å². The zero-order valence-corrected chi connectivity index (χ0v) is 14.6. The maximum Gasteiger partial charge on any atom is 0.241 e. The maximum atomic E-state index is 12.4. The second-order valence-corrected chi connectivity index (χ2v) is 8.62. The summed E-state index contributed by atoms with van der Waals surface area (Å²) in [5, 5.41) is 7.18. The summed E-state index contributed by atoms with van der Waals surface area (Å²) in [7, 11) is -3.44. The first-order chi connectivity index (χ1) is 10.0. The number of rotatable bonds is 8. The largest absolute Gasteiger partial charge is 0.312 e. The highest BCUT2D eigenvalue weighted by Crippen LogP contribution is 2.25. The number of hydrogen-bond donors (Lipinski definition) is 2. The van der Waals surface area contributed by atoms with Gasteiger partial charge in [-0.05, 0) is 48.3 Å². The second kappa shape index (κ2) is 7.51. The average Bonchev–Trinajstić information content (AvgIpc) is 3.07. The molecule has 0 atom stereocenters. The third-order valence-corrected chi connectivity index (χ3v) is 6.42. The molecular formula is C14H20N2O2S3. The fourth-order valence-corrected chi connectivity index (χ4v) is 5.21. The van der Waals surface area contributed by atoms with Crippen molar-refractivity contribution in [1.29, 1.82) is 0 Å². The fraction of sp³-hybridized carbons (Fsp3) is 0.429. The van der Waals surface area contributed by atoms with E-state index in [9.17, 15) is 8.42 Å². The summed E-state index contributed by atoms with van der Waals surface area (Å²) in [6, 6.07) is 3.70. The molecule has 2 rings (SSSR count). The quantitative estimate of drug-likeness (QED) is 0.724. The van der Waals surface area contributed by atoms with Crippen LogP contribution in [0.2, 0.25) is 0 Å². The van der Waals surface area contributed by atoms with Gasteiger partial charge in [0.15, 0.2) is 0 Å². The van der Waals surface area contributed by atoms with Gasteiger partial charge in [-0.25, -0.2) is 13.1 Å². The topological polar surface area (TPSA) is 58.2 Å². The van der Waals surface area contributed by atoms with Gasteiger partial charge < -0.3 is 5.32 Å². The predicted molar refractivity (Wildman–Crippen MR) is 89.4 cm³/mol. The van der Waals surface area contributed by atoms with Crippen molar-refractivity contribution in [2.45, 2.75) is 38.3 Å². The van der Waals surface area contributed by atoms with Crippen LogP contribution in [0.25, 0.3) is 0 Å². The van der Waals surface area contributed by atoms with Crippen LogP contribution in [0.4, 0.5) is 0 Å². The normalized spacial score (nSPS) is 11.9. The Hall–Kier alpha value is -0.730. The molecule has 2 aromatic heterocycles. The van der Waals surface area contributed by atoms with Gasteiger partial charge in [-0.15, -0.1) is 11.3 Å². The van der Waals surface area contributed by atoms with Gasteiger partial charge in [0.1, 0.15) is 0 Å². The molecule has 0 fully saturated rings. The van der Waals surface area contributed by atoms with Crippen LogP contribution in [0.1, 0.15) is 28.7 Å². The molecule has 0 aliphatic rings. The summed E-state index contributed by atoms with van der Waals surface area (Å²) in [5.41, 5.74) is 0.987. The van der Waals surface area contributed by atoms with Crippen LogP contribution in [0.15, 0.2) is 27.8 Å². The van der Waals surface area contributed by atoms with E-state index in [-0.39, 0.29) is 0 Å². The molecule has 0 unspecified atom stereocenters. The molecule has 116 valence electrons. The van der Waals surface area contributed by atoms with Crippen LogP contribution >= 0.6 is 22.7 Å². The highest BCUT2D eigenvalue weighted by atomic mass is 32.2. The molecule has 4 nitrogen and oxygen atoms in total. The molecule has 2 heterocycles. The van der Waals surface area contributed by atoms with Crippen molar-refractivity contribution in [3.05, 3.63) is 38.2 Å². The van der Waals surface area contributed by atoms with E-state index >= 15 is 0 Å². The molecule has 2 N–H and O–H groups in total. The summed E-state index contributed by atoms with van der Waals surface area (Å²) in [6.45, 7) is 5.96. The van der Waals surface area contributed by atoms with Crippen LogP contribution < -0.4 is 10.0 Å². The molecule has 0 aliphatic heterocycles. The van der Waals surface area contributed by atoms with E-state index < -0.39 is 10.0 Å². The first-order valence-electron chi connectivity index (χ1n) is 6.83. The number of sulfonamides is 1. The van der Waals surface area contributed by atoms with Gasteiger partial charge >= 0.3 is 0 Å². The lowest BCUT2D eigenvalue weighted by molar-refractivity contribution is 0.581. The standard InChI is InChI=1S/C14H20N2O2S3/c1-3-5-15-9-13-7-14(11(2)20-13)21(17,18)16-8-12-4-6-19-10-12/h4,6-7,10,15-16H,3,5,8-9H2,1-2H3. The number of nitrogens with one attached hydrogen (secondary N) is 2. The van der Waals surface area contributed by atoms with Crippen molar-refractivity contribution in [2.75, 3.05) is 6.54 Å². The maximum absolute atomic E-state index is 12.4. The van der Waals surface area contributed by atoms with Gasteiger partial charge in [0.25, 0.3) is 0 Å². The molecule has 0 aliphatic carbocycles. The third-order valence-electron chi connectivity index (χ3n) is 2.99. The summed E-state index contributed by atoms with van der Waals surface area (Å²) >= 11 is 3.10. The summed E-state index contributed by atoms with van der Waals surface area (Å²) in [6.07, 6.45) is 1.07. The zero-order valence-electron chi connectivity index (χ0n) is 12.2. The molecule has 0 saturated heterocycles. The Kier molecular flexibility index (Phi) is 5.95. The Labute approximate surface area is 134 Å². The van der Waals surface area contributed by atoms with E-state index in [1.807, 2.05) is 23.8 Å². The molecule has 21 heavy (non-hydrogen) atoms. The highest BCUT2D eigenvalue weighted by Gasteiger charge is 2.19. The molecule has 0 amide bonds. The molecule has 0 radical (unpaired) electrons. The minimum Gasteiger partial charge on any atom is -0.312 e. The fourth-order valence-electron chi connectivity index (χ4n) is 1.92. The van der Waals surface area contributed by atoms with Crippen LogP contribution in [0, 0.1) is 6.92 Å². The average molecular weight is 345 g/mol. The second-order valence-electron chi connectivity index (χ2n) is 4.77. The van der Waals surface area contributed by atoms with Gasteiger partial charge in [0, 0.05) is 22.8 Å². The van der Waals surface area contributed by atoms with Gasteiger partial charge in [-0.3, -0.25) is 0 Å². The van der Waals surface area contributed by atoms with Gasteiger partial charge in [0.05, 0.1) is 4.90 Å². The highest BCUT2D eigenvalue weighted by molar-refractivity contribution is 7.89. The molecule has 0 bridgehead atoms. The lowest BCUT2D eigenvalue weighted by atomic mass is 10.4.